The number of nitrogens with two attached hydrogens (primary N) is 1. The maximum Gasteiger partial charge on any atom is 0.272 e. The fourth-order valence-electron chi connectivity index (χ4n) is 1.69. The van der Waals surface area contributed by atoms with Gasteiger partial charge in [-0.3, -0.25) is 9.48 Å². The number of aromatic nitrogens is 2. The zero-order valence-corrected chi connectivity index (χ0v) is 10.4. The molecule has 1 unspecified atom stereocenters. The zero-order chi connectivity index (χ0) is 13.1. The minimum Gasteiger partial charge on any atom is -0.384 e. The summed E-state index contributed by atoms with van der Waals surface area (Å²) in [5.41, 5.74) is 7.02. The van der Waals surface area contributed by atoms with Crippen molar-refractivity contribution in [1.82, 2.24) is 15.1 Å². The van der Waals surface area contributed by atoms with Crippen LogP contribution in [0.15, 0.2) is 36.4 Å². The van der Waals surface area contributed by atoms with E-state index in [1.165, 1.54) is 4.68 Å². The van der Waals surface area contributed by atoms with Gasteiger partial charge in [0.05, 0.1) is 6.04 Å². The van der Waals surface area contributed by atoms with E-state index in [0.717, 1.165) is 5.56 Å². The number of carbonyl (C=O) groups excluding carboxylic acids is 1. The van der Waals surface area contributed by atoms with Crippen molar-refractivity contribution in [2.24, 2.45) is 7.05 Å². The number of amides is 1. The highest BCUT2D eigenvalue weighted by Crippen LogP contribution is 2.12. The molecule has 0 fully saturated rings. The first-order valence-corrected chi connectivity index (χ1v) is 5.73. The number of benzene rings is 1. The zero-order valence-electron chi connectivity index (χ0n) is 10.4. The summed E-state index contributed by atoms with van der Waals surface area (Å²) in [5, 5.41) is 6.92. The van der Waals surface area contributed by atoms with Crippen molar-refractivity contribution < 1.29 is 4.79 Å². The average molecular weight is 244 g/mol. The Morgan fingerprint density at radius 2 is 2.06 bits per heavy atom. The molecule has 0 saturated heterocycles. The number of rotatable bonds is 3. The van der Waals surface area contributed by atoms with Gasteiger partial charge in [-0.2, -0.15) is 5.10 Å². The van der Waals surface area contributed by atoms with Crippen molar-refractivity contribution in [3.63, 3.8) is 0 Å². The lowest BCUT2D eigenvalue weighted by Gasteiger charge is -2.12. The predicted molar refractivity (Wildman–Crippen MR) is 69.9 cm³/mol. The van der Waals surface area contributed by atoms with E-state index in [-0.39, 0.29) is 11.9 Å². The summed E-state index contributed by atoms with van der Waals surface area (Å²) in [4.78, 5) is 12.0. The maximum absolute atomic E-state index is 12.0. The van der Waals surface area contributed by atoms with Gasteiger partial charge in [-0.1, -0.05) is 30.3 Å². The second-order valence-electron chi connectivity index (χ2n) is 4.18. The monoisotopic (exact) mass is 244 g/mol. The normalized spacial score (nSPS) is 12.1. The summed E-state index contributed by atoms with van der Waals surface area (Å²) in [6.07, 6.45) is 0. The van der Waals surface area contributed by atoms with Crippen molar-refractivity contribution in [2.45, 2.75) is 13.0 Å². The molecule has 0 aliphatic heterocycles. The number of nitrogen functional groups attached to an aromatic ring is 1. The first kappa shape index (κ1) is 12.2. The molecule has 2 aromatic rings. The molecule has 5 heteroatoms. The van der Waals surface area contributed by atoms with E-state index in [1.54, 1.807) is 13.1 Å². The molecule has 1 aromatic carbocycles. The topological polar surface area (TPSA) is 72.9 Å². The first-order chi connectivity index (χ1) is 8.58. The average Bonchev–Trinajstić information content (AvgIpc) is 2.71. The molecule has 5 nitrogen and oxygen atoms in total. The Morgan fingerprint density at radius 1 is 1.39 bits per heavy atom. The highest BCUT2D eigenvalue weighted by Gasteiger charge is 2.14. The lowest BCUT2D eigenvalue weighted by molar-refractivity contribution is 0.0934. The van der Waals surface area contributed by atoms with Crippen LogP contribution in [0.4, 0.5) is 5.82 Å². The molecule has 0 saturated carbocycles. The number of aryl methyl sites for hydroxylation is 1. The molecule has 2 rings (SSSR count). The molecule has 1 atom stereocenters. The molecule has 94 valence electrons. The summed E-state index contributed by atoms with van der Waals surface area (Å²) in [7, 11) is 1.70. The molecule has 0 radical (unpaired) electrons. The van der Waals surface area contributed by atoms with Crippen LogP contribution in [0.1, 0.15) is 29.0 Å². The molecule has 1 amide bonds. The van der Waals surface area contributed by atoms with Gasteiger partial charge in [0, 0.05) is 13.1 Å². The lowest BCUT2D eigenvalue weighted by Crippen LogP contribution is -2.27. The van der Waals surface area contributed by atoms with Gasteiger partial charge in [0.2, 0.25) is 0 Å². The largest absolute Gasteiger partial charge is 0.384 e. The summed E-state index contributed by atoms with van der Waals surface area (Å²) < 4.78 is 1.47. The number of nitrogens with one attached hydrogen (secondary N) is 1. The minimum absolute atomic E-state index is 0.0677. The van der Waals surface area contributed by atoms with Crippen LogP contribution in [0.25, 0.3) is 0 Å². The summed E-state index contributed by atoms with van der Waals surface area (Å²) in [5.74, 6) is 0.242. The smallest absolute Gasteiger partial charge is 0.272 e. The predicted octanol–water partition coefficient (Wildman–Crippen LogP) is 1.49. The first-order valence-electron chi connectivity index (χ1n) is 5.73. The SMILES string of the molecule is CC(NC(=O)c1cc(N)n(C)n1)c1ccccc1. The van der Waals surface area contributed by atoms with Crippen molar-refractivity contribution in [3.05, 3.63) is 47.7 Å². The number of hydrogen-bond donors (Lipinski definition) is 2. The molecule has 1 aromatic heterocycles. The number of carbonyl (C=O) groups is 1. The lowest BCUT2D eigenvalue weighted by atomic mass is 10.1. The molecular formula is C13H16N4O. The molecule has 0 bridgehead atoms. The van der Waals surface area contributed by atoms with Crippen molar-refractivity contribution in [1.29, 1.82) is 0 Å². The Labute approximate surface area is 106 Å². The van der Waals surface area contributed by atoms with Gasteiger partial charge >= 0.3 is 0 Å². The van der Waals surface area contributed by atoms with E-state index in [0.29, 0.717) is 11.5 Å². The van der Waals surface area contributed by atoms with Crippen LogP contribution >= 0.6 is 0 Å². The van der Waals surface area contributed by atoms with Gasteiger partial charge in [-0.25, -0.2) is 0 Å². The Hall–Kier alpha value is -2.30. The molecule has 18 heavy (non-hydrogen) atoms. The quantitative estimate of drug-likeness (QED) is 0.859. The van der Waals surface area contributed by atoms with Gasteiger partial charge in [0.25, 0.3) is 5.91 Å². The minimum atomic E-state index is -0.223. The summed E-state index contributed by atoms with van der Waals surface area (Å²) in [6.45, 7) is 1.93. The van der Waals surface area contributed by atoms with Gasteiger partial charge < -0.3 is 11.1 Å². The molecule has 0 spiro atoms. The van der Waals surface area contributed by atoms with Crippen LogP contribution in [-0.4, -0.2) is 15.7 Å². The van der Waals surface area contributed by atoms with E-state index < -0.39 is 0 Å². The van der Waals surface area contributed by atoms with E-state index in [4.69, 9.17) is 5.73 Å². The van der Waals surface area contributed by atoms with E-state index in [2.05, 4.69) is 10.4 Å². The molecule has 1 heterocycles. The van der Waals surface area contributed by atoms with Crippen LogP contribution in [0, 0.1) is 0 Å². The van der Waals surface area contributed by atoms with Crippen LogP contribution in [0.5, 0.6) is 0 Å². The van der Waals surface area contributed by atoms with Crippen LogP contribution < -0.4 is 11.1 Å². The highest BCUT2D eigenvalue weighted by atomic mass is 16.2. The highest BCUT2D eigenvalue weighted by molar-refractivity contribution is 5.93. The van der Waals surface area contributed by atoms with E-state index in [1.807, 2.05) is 37.3 Å². The van der Waals surface area contributed by atoms with Crippen molar-refractivity contribution in [2.75, 3.05) is 5.73 Å². The third-order valence-corrected chi connectivity index (χ3v) is 2.80. The molecule has 0 aliphatic rings. The Kier molecular flexibility index (Phi) is 3.32. The number of nitrogens with zero attached hydrogens (tertiary/aromatic N) is 2. The number of anilines is 1. The van der Waals surface area contributed by atoms with Gasteiger partial charge in [0.15, 0.2) is 5.69 Å². The fraction of sp³-hybridized carbons (Fsp3) is 0.231. The van der Waals surface area contributed by atoms with Gasteiger partial charge in [0.1, 0.15) is 5.82 Å². The summed E-state index contributed by atoms with van der Waals surface area (Å²) in [6, 6.07) is 11.3. The third kappa shape index (κ3) is 2.51. The van der Waals surface area contributed by atoms with Gasteiger partial charge in [-0.05, 0) is 12.5 Å². The van der Waals surface area contributed by atoms with E-state index >= 15 is 0 Å². The fourth-order valence-corrected chi connectivity index (χ4v) is 1.69. The molecule has 3 N–H and O–H groups in total. The van der Waals surface area contributed by atoms with Crippen LogP contribution in [-0.2, 0) is 7.05 Å². The molecule has 0 aliphatic carbocycles. The second kappa shape index (κ2) is 4.91. The second-order valence-corrected chi connectivity index (χ2v) is 4.18. The standard InChI is InChI=1S/C13H16N4O/c1-9(10-6-4-3-5-7-10)15-13(18)11-8-12(14)17(2)16-11/h3-9H,14H2,1-2H3,(H,15,18). The molecular weight excluding hydrogens is 228 g/mol. The van der Waals surface area contributed by atoms with E-state index in [9.17, 15) is 4.79 Å². The van der Waals surface area contributed by atoms with Crippen molar-refractivity contribution >= 4 is 11.7 Å². The van der Waals surface area contributed by atoms with Crippen LogP contribution in [0.3, 0.4) is 0 Å². The Morgan fingerprint density at radius 3 is 2.61 bits per heavy atom. The van der Waals surface area contributed by atoms with Crippen LogP contribution in [0.2, 0.25) is 0 Å². The Bertz CT molecular complexity index is 528. The maximum atomic E-state index is 12.0. The Balaban J connectivity index is 2.08. The number of hydrogen-bond acceptors (Lipinski definition) is 3. The third-order valence-electron chi connectivity index (χ3n) is 2.80. The summed E-state index contributed by atoms with van der Waals surface area (Å²) >= 11 is 0. The van der Waals surface area contributed by atoms with Gasteiger partial charge in [-0.15, -0.1) is 0 Å². The van der Waals surface area contributed by atoms with Crippen molar-refractivity contribution in [3.8, 4) is 0 Å².